The van der Waals surface area contributed by atoms with E-state index < -0.39 is 11.7 Å². The van der Waals surface area contributed by atoms with Crippen LogP contribution in [0.5, 0.6) is 0 Å². The van der Waals surface area contributed by atoms with Gasteiger partial charge in [0.05, 0.1) is 5.56 Å². The maximum Gasteiger partial charge on any atom is 0.416 e. The van der Waals surface area contributed by atoms with E-state index in [4.69, 9.17) is 0 Å². The maximum absolute atomic E-state index is 12.6. The van der Waals surface area contributed by atoms with Crippen LogP contribution in [0.15, 0.2) is 24.3 Å². The third-order valence-corrected chi connectivity index (χ3v) is 6.74. The molecule has 0 nitrogen and oxygen atoms in total. The topological polar surface area (TPSA) is 0 Å². The van der Waals surface area contributed by atoms with Gasteiger partial charge in [0.25, 0.3) is 0 Å². The lowest BCUT2D eigenvalue weighted by molar-refractivity contribution is -0.137. The maximum atomic E-state index is 12.6. The number of rotatable bonds is 4. The van der Waals surface area contributed by atoms with Crippen LogP contribution in [0.2, 0.25) is 0 Å². The molecule has 2 saturated carbocycles. The van der Waals surface area contributed by atoms with Crippen LogP contribution in [0.3, 0.4) is 0 Å². The zero-order valence-corrected chi connectivity index (χ0v) is 15.3. The molecule has 140 valence electrons. The van der Waals surface area contributed by atoms with E-state index in [0.29, 0.717) is 0 Å². The van der Waals surface area contributed by atoms with E-state index in [1.165, 1.54) is 63.5 Å². The van der Waals surface area contributed by atoms with E-state index in [9.17, 15) is 13.2 Å². The van der Waals surface area contributed by atoms with Crippen molar-refractivity contribution in [2.45, 2.75) is 77.3 Å². The van der Waals surface area contributed by atoms with Gasteiger partial charge < -0.3 is 0 Å². The lowest BCUT2D eigenvalue weighted by atomic mass is 9.69. The van der Waals surface area contributed by atoms with Crippen molar-refractivity contribution in [1.29, 1.82) is 0 Å². The normalized spacial score (nSPS) is 31.0. The Bertz CT molecular complexity index is 515. The number of benzene rings is 1. The summed E-state index contributed by atoms with van der Waals surface area (Å²) in [6.45, 7) is 2.38. The molecule has 0 bridgehead atoms. The van der Waals surface area contributed by atoms with Crippen molar-refractivity contribution >= 4 is 0 Å². The highest BCUT2D eigenvalue weighted by Gasteiger charge is 2.31. The number of halogens is 3. The van der Waals surface area contributed by atoms with Crippen LogP contribution in [-0.2, 0) is 12.6 Å². The molecular weight excluding hydrogens is 321 g/mol. The van der Waals surface area contributed by atoms with Crippen LogP contribution in [0.25, 0.3) is 0 Å². The molecule has 25 heavy (non-hydrogen) atoms. The molecule has 2 aliphatic carbocycles. The van der Waals surface area contributed by atoms with Gasteiger partial charge in [-0.15, -0.1) is 0 Å². The van der Waals surface area contributed by atoms with Gasteiger partial charge in [-0.05, 0) is 79.9 Å². The number of aryl methyl sites for hydroxylation is 1. The Labute approximate surface area is 150 Å². The summed E-state index contributed by atoms with van der Waals surface area (Å²) in [4.78, 5) is 0. The first-order valence-corrected chi connectivity index (χ1v) is 10.1. The average molecular weight is 352 g/mol. The van der Waals surface area contributed by atoms with E-state index in [0.717, 1.165) is 42.1 Å². The monoisotopic (exact) mass is 352 g/mol. The highest BCUT2D eigenvalue weighted by atomic mass is 19.4. The minimum absolute atomic E-state index is 0.543. The van der Waals surface area contributed by atoms with Crippen molar-refractivity contribution in [1.82, 2.24) is 0 Å². The predicted octanol–water partition coefficient (Wildman–Crippen LogP) is 7.27. The molecule has 0 unspecified atom stereocenters. The second kappa shape index (κ2) is 8.14. The van der Waals surface area contributed by atoms with Gasteiger partial charge in [-0.3, -0.25) is 0 Å². The van der Waals surface area contributed by atoms with Gasteiger partial charge in [0, 0.05) is 0 Å². The van der Waals surface area contributed by atoms with Gasteiger partial charge >= 0.3 is 6.18 Å². The quantitative estimate of drug-likeness (QED) is 0.534. The second-order valence-electron chi connectivity index (χ2n) is 8.53. The zero-order valence-electron chi connectivity index (χ0n) is 15.3. The summed E-state index contributed by atoms with van der Waals surface area (Å²) < 4.78 is 37.8. The van der Waals surface area contributed by atoms with E-state index in [1.807, 2.05) is 0 Å². The van der Waals surface area contributed by atoms with Crippen LogP contribution in [-0.4, -0.2) is 0 Å². The lowest BCUT2D eigenvalue weighted by Crippen LogP contribution is -2.25. The third-order valence-electron chi connectivity index (χ3n) is 6.74. The summed E-state index contributed by atoms with van der Waals surface area (Å²) in [7, 11) is 0. The Morgan fingerprint density at radius 3 is 1.84 bits per heavy atom. The summed E-state index contributed by atoms with van der Waals surface area (Å²) in [5, 5.41) is 0. The highest BCUT2D eigenvalue weighted by Crippen LogP contribution is 2.42. The molecule has 1 aromatic rings. The second-order valence-corrected chi connectivity index (χ2v) is 8.53. The van der Waals surface area contributed by atoms with Crippen molar-refractivity contribution in [3.63, 3.8) is 0 Å². The Kier molecular flexibility index (Phi) is 6.12. The van der Waals surface area contributed by atoms with Gasteiger partial charge in [-0.25, -0.2) is 0 Å². The first-order valence-electron chi connectivity index (χ1n) is 10.1. The van der Waals surface area contributed by atoms with Crippen molar-refractivity contribution in [2.75, 3.05) is 0 Å². The van der Waals surface area contributed by atoms with Crippen LogP contribution >= 0.6 is 0 Å². The standard InChI is InChI=1S/C22H31F3/c1-16-2-10-19(11-3-16)20-12-6-17(7-13-20)4-5-18-8-14-21(15-9-18)22(23,24)25/h8-9,14-17,19-20H,2-7,10-13H2,1H3. The van der Waals surface area contributed by atoms with Crippen molar-refractivity contribution in [2.24, 2.45) is 23.7 Å². The number of hydrogen-bond donors (Lipinski definition) is 0. The molecular formula is C22H31F3. The molecule has 3 heteroatoms. The SMILES string of the molecule is CC1CCC(C2CCC(CCc3ccc(C(F)(F)F)cc3)CC2)CC1. The first kappa shape index (κ1) is 18.8. The molecule has 0 N–H and O–H groups in total. The molecule has 0 aromatic heterocycles. The van der Waals surface area contributed by atoms with E-state index in [1.54, 1.807) is 12.1 Å². The van der Waals surface area contributed by atoms with Crippen LogP contribution < -0.4 is 0 Å². The molecule has 0 saturated heterocycles. The summed E-state index contributed by atoms with van der Waals surface area (Å²) in [5.41, 5.74) is 0.495. The Hall–Kier alpha value is -0.990. The van der Waals surface area contributed by atoms with Crippen molar-refractivity contribution < 1.29 is 13.2 Å². The van der Waals surface area contributed by atoms with Crippen LogP contribution in [0, 0.1) is 23.7 Å². The lowest BCUT2D eigenvalue weighted by Gasteiger charge is -2.37. The predicted molar refractivity (Wildman–Crippen MR) is 96.3 cm³/mol. The zero-order chi connectivity index (χ0) is 17.9. The first-order chi connectivity index (χ1) is 11.9. The molecule has 0 heterocycles. The minimum Gasteiger partial charge on any atom is -0.166 e. The van der Waals surface area contributed by atoms with Crippen molar-refractivity contribution in [3.05, 3.63) is 35.4 Å². The van der Waals surface area contributed by atoms with E-state index >= 15 is 0 Å². The van der Waals surface area contributed by atoms with Crippen LogP contribution in [0.4, 0.5) is 13.2 Å². The average Bonchev–Trinajstić information content (AvgIpc) is 2.61. The Balaban J connectivity index is 1.40. The van der Waals surface area contributed by atoms with Gasteiger partial charge in [-0.1, -0.05) is 44.7 Å². The highest BCUT2D eigenvalue weighted by molar-refractivity contribution is 5.24. The minimum atomic E-state index is -4.23. The summed E-state index contributed by atoms with van der Waals surface area (Å²) >= 11 is 0. The number of alkyl halides is 3. The van der Waals surface area contributed by atoms with Gasteiger partial charge in [0.2, 0.25) is 0 Å². The molecule has 3 rings (SSSR count). The molecule has 2 aliphatic rings. The molecule has 0 atom stereocenters. The van der Waals surface area contributed by atoms with Gasteiger partial charge in [0.1, 0.15) is 0 Å². The van der Waals surface area contributed by atoms with Crippen molar-refractivity contribution in [3.8, 4) is 0 Å². The molecule has 0 radical (unpaired) electrons. The third kappa shape index (κ3) is 5.24. The fourth-order valence-electron chi connectivity index (χ4n) is 4.94. The molecule has 1 aromatic carbocycles. The van der Waals surface area contributed by atoms with E-state index in [2.05, 4.69) is 6.92 Å². The van der Waals surface area contributed by atoms with E-state index in [-0.39, 0.29) is 0 Å². The summed E-state index contributed by atoms with van der Waals surface area (Å²) in [6, 6.07) is 5.74. The summed E-state index contributed by atoms with van der Waals surface area (Å²) in [5.74, 6) is 3.60. The molecule has 0 spiro atoms. The Morgan fingerprint density at radius 2 is 1.32 bits per heavy atom. The Morgan fingerprint density at radius 1 is 0.800 bits per heavy atom. The van der Waals surface area contributed by atoms with Crippen LogP contribution in [0.1, 0.15) is 75.8 Å². The largest absolute Gasteiger partial charge is 0.416 e. The molecule has 2 fully saturated rings. The number of hydrogen-bond acceptors (Lipinski definition) is 0. The fraction of sp³-hybridized carbons (Fsp3) is 0.727. The van der Waals surface area contributed by atoms with Gasteiger partial charge in [-0.2, -0.15) is 13.2 Å². The van der Waals surface area contributed by atoms with Gasteiger partial charge in [0.15, 0.2) is 0 Å². The fourth-order valence-corrected chi connectivity index (χ4v) is 4.94. The smallest absolute Gasteiger partial charge is 0.166 e. The molecule has 0 aliphatic heterocycles. The molecule has 0 amide bonds. The summed E-state index contributed by atoms with van der Waals surface area (Å²) in [6.07, 6.45) is 8.88.